The lowest BCUT2D eigenvalue weighted by molar-refractivity contribution is 0.0636. The summed E-state index contributed by atoms with van der Waals surface area (Å²) < 4.78 is 5.19. The van der Waals surface area contributed by atoms with Crippen LogP contribution in [0.15, 0.2) is 36.5 Å². The van der Waals surface area contributed by atoms with Gasteiger partial charge in [0.25, 0.3) is 0 Å². The van der Waals surface area contributed by atoms with Gasteiger partial charge in [-0.1, -0.05) is 19.9 Å². The van der Waals surface area contributed by atoms with E-state index in [0.717, 1.165) is 0 Å². The van der Waals surface area contributed by atoms with Crippen molar-refractivity contribution in [3.8, 4) is 6.07 Å². The van der Waals surface area contributed by atoms with Gasteiger partial charge in [0.05, 0.1) is 23.3 Å². The highest BCUT2D eigenvalue weighted by Gasteiger charge is 2.33. The number of nitriles is 1. The maximum Gasteiger partial charge on any atom is 0.412 e. The van der Waals surface area contributed by atoms with E-state index < -0.39 is 23.2 Å². The van der Waals surface area contributed by atoms with Gasteiger partial charge in [-0.05, 0) is 45.0 Å². The Morgan fingerprint density at radius 3 is 2.48 bits per heavy atom. The lowest BCUT2D eigenvalue weighted by Gasteiger charge is -2.29. The summed E-state index contributed by atoms with van der Waals surface area (Å²) in [5.74, 6) is 0. The molecule has 2 rings (SSSR count). The van der Waals surface area contributed by atoms with Gasteiger partial charge in [0.2, 0.25) is 0 Å². The number of aliphatic hydroxyl groups excluding tert-OH is 1. The summed E-state index contributed by atoms with van der Waals surface area (Å²) in [6.45, 7) is 9.00. The molecule has 0 aliphatic rings. The summed E-state index contributed by atoms with van der Waals surface area (Å²) in [6, 6.07) is 10.4. The fourth-order valence-corrected chi connectivity index (χ4v) is 2.43. The Hall–Kier alpha value is -2.98. The number of carbonyl (C=O) groups excluding carboxylic acids is 1. The molecule has 2 heterocycles. The number of carbonyl (C=O) groups is 1. The highest BCUT2D eigenvalue weighted by Crippen LogP contribution is 2.35. The van der Waals surface area contributed by atoms with E-state index in [1.54, 1.807) is 51.1 Å². The molecule has 1 unspecified atom stereocenters. The van der Waals surface area contributed by atoms with Crippen LogP contribution in [-0.4, -0.2) is 26.8 Å². The third-order valence-electron chi connectivity index (χ3n) is 3.92. The van der Waals surface area contributed by atoms with E-state index in [-0.39, 0.29) is 5.69 Å². The standard InChI is InChI=1S/C20H24N4O3/c1-19(2,3)27-18(26)24-14-9-10-15(22-12-14)17(25)20(4,5)16-8-6-7-13(11-21)23-16/h6-10,12,17,25H,1-5H3,(H,24,26). The third kappa shape index (κ3) is 5.25. The third-order valence-corrected chi connectivity index (χ3v) is 3.92. The van der Waals surface area contributed by atoms with Gasteiger partial charge in [-0.3, -0.25) is 10.3 Å². The van der Waals surface area contributed by atoms with Gasteiger partial charge < -0.3 is 9.84 Å². The first-order valence-corrected chi connectivity index (χ1v) is 8.54. The molecule has 0 aromatic carbocycles. The number of rotatable bonds is 4. The SMILES string of the molecule is CC(C)(C)OC(=O)Nc1ccc(C(O)C(C)(C)c2cccc(C#N)n2)nc1. The molecule has 0 aliphatic heterocycles. The second-order valence-corrected chi connectivity index (χ2v) is 7.74. The summed E-state index contributed by atoms with van der Waals surface area (Å²) in [5.41, 5.74) is 0.411. The molecule has 2 aromatic heterocycles. The maximum atomic E-state index is 11.8. The van der Waals surface area contributed by atoms with Crippen LogP contribution in [0.1, 0.15) is 57.8 Å². The number of hydrogen-bond donors (Lipinski definition) is 2. The first kappa shape index (κ1) is 20.3. The number of nitrogens with zero attached hydrogens (tertiary/aromatic N) is 3. The molecule has 1 amide bonds. The van der Waals surface area contributed by atoms with E-state index in [9.17, 15) is 9.90 Å². The van der Waals surface area contributed by atoms with Crippen LogP contribution in [-0.2, 0) is 10.2 Å². The van der Waals surface area contributed by atoms with Crippen molar-refractivity contribution in [1.29, 1.82) is 5.26 Å². The number of anilines is 1. The van der Waals surface area contributed by atoms with E-state index in [1.807, 2.05) is 19.9 Å². The Balaban J connectivity index is 2.15. The monoisotopic (exact) mass is 368 g/mol. The minimum Gasteiger partial charge on any atom is -0.444 e. The van der Waals surface area contributed by atoms with E-state index in [0.29, 0.717) is 17.1 Å². The average molecular weight is 368 g/mol. The minimum absolute atomic E-state index is 0.289. The molecule has 0 spiro atoms. The lowest BCUT2D eigenvalue weighted by atomic mass is 9.81. The number of ether oxygens (including phenoxy) is 1. The quantitative estimate of drug-likeness (QED) is 0.852. The number of amides is 1. The number of aromatic nitrogens is 2. The fourth-order valence-electron chi connectivity index (χ4n) is 2.43. The Labute approximate surface area is 159 Å². The first-order valence-electron chi connectivity index (χ1n) is 8.54. The molecule has 0 aliphatic carbocycles. The van der Waals surface area contributed by atoms with E-state index >= 15 is 0 Å². The van der Waals surface area contributed by atoms with Crippen molar-refractivity contribution in [2.75, 3.05) is 5.32 Å². The number of pyridine rings is 2. The van der Waals surface area contributed by atoms with Gasteiger partial charge in [-0.15, -0.1) is 0 Å². The summed E-state index contributed by atoms with van der Waals surface area (Å²) in [4.78, 5) is 20.3. The van der Waals surface area contributed by atoms with Gasteiger partial charge in [0.1, 0.15) is 23.5 Å². The zero-order valence-corrected chi connectivity index (χ0v) is 16.1. The van der Waals surface area contributed by atoms with Gasteiger partial charge in [0.15, 0.2) is 0 Å². The van der Waals surface area contributed by atoms with E-state index in [4.69, 9.17) is 10.00 Å². The second kappa shape index (κ2) is 7.72. The predicted octanol–water partition coefficient (Wildman–Crippen LogP) is 3.71. The Morgan fingerprint density at radius 2 is 1.93 bits per heavy atom. The lowest BCUT2D eigenvalue weighted by Crippen LogP contribution is -2.29. The number of hydrogen-bond acceptors (Lipinski definition) is 6. The molecule has 27 heavy (non-hydrogen) atoms. The molecule has 2 aromatic rings. The molecule has 7 nitrogen and oxygen atoms in total. The van der Waals surface area contributed by atoms with Gasteiger partial charge in [-0.2, -0.15) is 5.26 Å². The average Bonchev–Trinajstić information content (AvgIpc) is 2.60. The molecule has 1 atom stereocenters. The normalized spacial score (nSPS) is 12.8. The van der Waals surface area contributed by atoms with Crippen molar-refractivity contribution in [1.82, 2.24) is 9.97 Å². The second-order valence-electron chi connectivity index (χ2n) is 7.74. The van der Waals surface area contributed by atoms with Crippen LogP contribution in [0.2, 0.25) is 0 Å². The zero-order chi connectivity index (χ0) is 20.2. The summed E-state index contributed by atoms with van der Waals surface area (Å²) in [7, 11) is 0. The van der Waals surface area contributed by atoms with Crippen LogP contribution in [0.3, 0.4) is 0 Å². The molecule has 142 valence electrons. The van der Waals surface area contributed by atoms with Crippen molar-refractivity contribution in [2.24, 2.45) is 0 Å². The van der Waals surface area contributed by atoms with Crippen LogP contribution in [0, 0.1) is 11.3 Å². The molecule has 0 fully saturated rings. The zero-order valence-electron chi connectivity index (χ0n) is 16.1. The molecule has 7 heteroatoms. The summed E-state index contributed by atoms with van der Waals surface area (Å²) >= 11 is 0. The maximum absolute atomic E-state index is 11.8. The Bertz CT molecular complexity index is 849. The minimum atomic E-state index is -0.950. The van der Waals surface area contributed by atoms with Crippen LogP contribution in [0.25, 0.3) is 0 Å². The molecule has 0 radical (unpaired) electrons. The Kier molecular flexibility index (Phi) is 5.82. The van der Waals surface area contributed by atoms with Gasteiger partial charge in [-0.25, -0.2) is 9.78 Å². The van der Waals surface area contributed by atoms with Crippen molar-refractivity contribution >= 4 is 11.8 Å². The molecular formula is C20H24N4O3. The summed E-state index contributed by atoms with van der Waals surface area (Å²) in [5, 5.41) is 22.4. The molecule has 0 bridgehead atoms. The highest BCUT2D eigenvalue weighted by atomic mass is 16.6. The van der Waals surface area contributed by atoms with Crippen molar-refractivity contribution in [3.05, 3.63) is 53.6 Å². The molecule has 2 N–H and O–H groups in total. The van der Waals surface area contributed by atoms with Crippen LogP contribution >= 0.6 is 0 Å². The summed E-state index contributed by atoms with van der Waals surface area (Å²) in [6.07, 6.45) is -0.0671. The highest BCUT2D eigenvalue weighted by molar-refractivity contribution is 5.84. The van der Waals surface area contributed by atoms with Crippen LogP contribution in [0.4, 0.5) is 10.5 Å². The predicted molar refractivity (Wildman–Crippen MR) is 101 cm³/mol. The smallest absolute Gasteiger partial charge is 0.412 e. The van der Waals surface area contributed by atoms with E-state index in [1.165, 1.54) is 6.20 Å². The topological polar surface area (TPSA) is 108 Å². The van der Waals surface area contributed by atoms with Crippen molar-refractivity contribution in [2.45, 2.75) is 51.7 Å². The number of aliphatic hydroxyl groups is 1. The van der Waals surface area contributed by atoms with Gasteiger partial charge in [0, 0.05) is 5.41 Å². The molecule has 0 saturated heterocycles. The first-order chi connectivity index (χ1) is 12.5. The number of nitrogens with one attached hydrogen (secondary N) is 1. The largest absolute Gasteiger partial charge is 0.444 e. The van der Waals surface area contributed by atoms with Gasteiger partial charge >= 0.3 is 6.09 Å². The fraction of sp³-hybridized carbons (Fsp3) is 0.400. The van der Waals surface area contributed by atoms with Crippen molar-refractivity contribution in [3.63, 3.8) is 0 Å². The van der Waals surface area contributed by atoms with Crippen molar-refractivity contribution < 1.29 is 14.6 Å². The molecule has 0 saturated carbocycles. The van der Waals surface area contributed by atoms with E-state index in [2.05, 4.69) is 15.3 Å². The van der Waals surface area contributed by atoms with Crippen LogP contribution < -0.4 is 5.32 Å². The Morgan fingerprint density at radius 1 is 1.22 bits per heavy atom. The van der Waals surface area contributed by atoms with Crippen LogP contribution in [0.5, 0.6) is 0 Å². The molecular weight excluding hydrogens is 344 g/mol.